The Kier molecular flexibility index (Phi) is 4.05. The molecule has 2 aliphatic heterocycles. The first-order valence-electron chi connectivity index (χ1n) is 9.64. The molecule has 2 fully saturated rings. The van der Waals surface area contributed by atoms with Crippen molar-refractivity contribution in [3.8, 4) is 0 Å². The van der Waals surface area contributed by atoms with E-state index in [0.29, 0.717) is 12.0 Å². The largest absolute Gasteiger partial charge is 0.396 e. The molecule has 3 N–H and O–H groups in total. The number of rotatable bonds is 3. The number of nitrogens with one attached hydrogen (secondary N) is 2. The predicted molar refractivity (Wildman–Crippen MR) is 98.0 cm³/mol. The molecule has 5 nitrogen and oxygen atoms in total. The van der Waals surface area contributed by atoms with Crippen molar-refractivity contribution >= 4 is 10.9 Å². The number of aromatic nitrogens is 1. The molecule has 25 heavy (non-hydrogen) atoms. The number of fused-ring (bicyclic) bond motifs is 2. The van der Waals surface area contributed by atoms with E-state index in [4.69, 9.17) is 4.74 Å². The summed E-state index contributed by atoms with van der Waals surface area (Å²) in [5.74, 6) is 0.708. The Morgan fingerprint density at radius 1 is 1.24 bits per heavy atom. The molecule has 1 aromatic carbocycles. The Morgan fingerprint density at radius 2 is 2.12 bits per heavy atom. The molecule has 5 rings (SSSR count). The van der Waals surface area contributed by atoms with E-state index in [1.807, 2.05) is 0 Å². The van der Waals surface area contributed by atoms with Crippen molar-refractivity contribution < 1.29 is 9.84 Å². The molecule has 0 radical (unpaired) electrons. The van der Waals surface area contributed by atoms with Crippen molar-refractivity contribution in [2.75, 3.05) is 39.5 Å². The zero-order chi connectivity index (χ0) is 16.8. The van der Waals surface area contributed by atoms with Gasteiger partial charge in [0.1, 0.15) is 0 Å². The normalized spacial score (nSPS) is 29.7. The zero-order valence-corrected chi connectivity index (χ0v) is 14.6. The zero-order valence-electron chi connectivity index (χ0n) is 14.6. The lowest BCUT2D eigenvalue weighted by Crippen LogP contribution is -2.47. The molecule has 3 heterocycles. The quantitative estimate of drug-likeness (QED) is 0.798. The highest BCUT2D eigenvalue weighted by atomic mass is 16.5. The third kappa shape index (κ3) is 2.53. The number of hydrogen-bond acceptors (Lipinski definition) is 4. The average Bonchev–Trinajstić information content (AvgIpc) is 3.02. The molecule has 5 heteroatoms. The number of piperidine rings is 1. The number of morpholine rings is 1. The number of nitrogens with zero attached hydrogens (tertiary/aromatic N) is 1. The second-order valence-electron chi connectivity index (χ2n) is 7.69. The van der Waals surface area contributed by atoms with Crippen LogP contribution >= 0.6 is 0 Å². The van der Waals surface area contributed by atoms with Crippen LogP contribution in [-0.4, -0.2) is 60.5 Å². The summed E-state index contributed by atoms with van der Waals surface area (Å²) in [6, 6.07) is 7.03. The van der Waals surface area contributed by atoms with Crippen LogP contribution in [0.1, 0.15) is 41.5 Å². The monoisotopic (exact) mass is 341 g/mol. The van der Waals surface area contributed by atoms with Crippen molar-refractivity contribution in [3.63, 3.8) is 0 Å². The Labute approximate surface area is 148 Å². The fourth-order valence-electron chi connectivity index (χ4n) is 5.25. The van der Waals surface area contributed by atoms with Gasteiger partial charge in [-0.05, 0) is 36.6 Å². The maximum Gasteiger partial charge on any atom is 0.0594 e. The number of hydrogen-bond donors (Lipinski definition) is 3. The molecule has 134 valence electrons. The number of aliphatic hydroxyl groups excluding tert-OH is 1. The molecule has 2 aromatic rings. The van der Waals surface area contributed by atoms with Gasteiger partial charge in [0, 0.05) is 54.1 Å². The predicted octanol–water partition coefficient (Wildman–Crippen LogP) is 1.93. The number of aromatic amines is 1. The van der Waals surface area contributed by atoms with Crippen LogP contribution in [0.15, 0.2) is 18.2 Å². The molecule has 0 saturated carbocycles. The standard InChI is InChI=1S/C20H27N3O2/c24-12-15-19-17(11-23-7-9-25-10-8-23)22-16-5-1-3-13(18(16)19)14-4-2-6-21-20(14)15/h1,3,5,14-15,20-22,24H,2,4,6-12H2/t14?,15?,20-/m0/s1. The fraction of sp³-hybridized carbons (Fsp3) is 0.600. The summed E-state index contributed by atoms with van der Waals surface area (Å²) in [6.07, 6.45) is 2.44. The minimum absolute atomic E-state index is 0.185. The van der Waals surface area contributed by atoms with E-state index in [9.17, 15) is 5.11 Å². The van der Waals surface area contributed by atoms with E-state index >= 15 is 0 Å². The maximum atomic E-state index is 10.3. The Morgan fingerprint density at radius 3 is 2.96 bits per heavy atom. The summed E-state index contributed by atoms with van der Waals surface area (Å²) in [5.41, 5.74) is 5.35. The number of benzene rings is 1. The summed E-state index contributed by atoms with van der Waals surface area (Å²) in [4.78, 5) is 6.15. The van der Waals surface area contributed by atoms with E-state index < -0.39 is 0 Å². The summed E-state index contributed by atoms with van der Waals surface area (Å²) < 4.78 is 5.49. The van der Waals surface area contributed by atoms with Crippen molar-refractivity contribution in [1.82, 2.24) is 15.2 Å². The summed E-state index contributed by atoms with van der Waals surface area (Å²) in [5, 5.41) is 15.4. The van der Waals surface area contributed by atoms with Crippen LogP contribution < -0.4 is 5.32 Å². The van der Waals surface area contributed by atoms with Crippen molar-refractivity contribution in [2.24, 2.45) is 0 Å². The highest BCUT2D eigenvalue weighted by Gasteiger charge is 2.41. The molecule has 2 unspecified atom stereocenters. The number of aliphatic hydroxyl groups is 1. The fourth-order valence-corrected chi connectivity index (χ4v) is 5.25. The first-order chi connectivity index (χ1) is 12.4. The van der Waals surface area contributed by atoms with E-state index in [-0.39, 0.29) is 12.5 Å². The van der Waals surface area contributed by atoms with Crippen LogP contribution in [0.3, 0.4) is 0 Å². The topological polar surface area (TPSA) is 60.5 Å². The average molecular weight is 341 g/mol. The molecule has 0 spiro atoms. The molecule has 1 aliphatic carbocycles. The van der Waals surface area contributed by atoms with Gasteiger partial charge in [0.05, 0.1) is 19.8 Å². The van der Waals surface area contributed by atoms with E-state index in [1.165, 1.54) is 40.6 Å². The van der Waals surface area contributed by atoms with Crippen molar-refractivity contribution in [2.45, 2.75) is 37.3 Å². The Balaban J connectivity index is 1.62. The van der Waals surface area contributed by atoms with E-state index in [2.05, 4.69) is 33.4 Å². The molecular formula is C20H27N3O2. The van der Waals surface area contributed by atoms with Gasteiger partial charge in [-0.2, -0.15) is 0 Å². The summed E-state index contributed by atoms with van der Waals surface area (Å²) >= 11 is 0. The smallest absolute Gasteiger partial charge is 0.0594 e. The van der Waals surface area contributed by atoms with Gasteiger partial charge >= 0.3 is 0 Å². The van der Waals surface area contributed by atoms with Crippen LogP contribution in [0, 0.1) is 0 Å². The van der Waals surface area contributed by atoms with E-state index in [1.54, 1.807) is 0 Å². The number of ether oxygens (including phenoxy) is 1. The Bertz CT molecular complexity index is 766. The van der Waals surface area contributed by atoms with Crippen LogP contribution in [0.2, 0.25) is 0 Å². The summed E-state index contributed by atoms with van der Waals surface area (Å²) in [7, 11) is 0. The molecule has 0 amide bonds. The molecule has 0 bridgehead atoms. The first-order valence-corrected chi connectivity index (χ1v) is 9.64. The van der Waals surface area contributed by atoms with Gasteiger partial charge < -0.3 is 20.1 Å². The van der Waals surface area contributed by atoms with Crippen LogP contribution in [-0.2, 0) is 11.3 Å². The lowest BCUT2D eigenvalue weighted by atomic mass is 9.70. The molecule has 1 aromatic heterocycles. The highest BCUT2D eigenvalue weighted by Crippen LogP contribution is 2.47. The third-order valence-corrected chi connectivity index (χ3v) is 6.37. The lowest BCUT2D eigenvalue weighted by molar-refractivity contribution is 0.0334. The van der Waals surface area contributed by atoms with E-state index in [0.717, 1.165) is 39.4 Å². The first kappa shape index (κ1) is 15.8. The van der Waals surface area contributed by atoms with Gasteiger partial charge in [-0.25, -0.2) is 0 Å². The number of H-pyrrole nitrogens is 1. The van der Waals surface area contributed by atoms with Gasteiger partial charge in [-0.15, -0.1) is 0 Å². The van der Waals surface area contributed by atoms with Crippen molar-refractivity contribution in [3.05, 3.63) is 35.0 Å². The molecular weight excluding hydrogens is 314 g/mol. The maximum absolute atomic E-state index is 10.3. The molecule has 3 aliphatic rings. The molecule has 2 saturated heterocycles. The van der Waals surface area contributed by atoms with Crippen LogP contribution in [0.25, 0.3) is 10.9 Å². The second-order valence-corrected chi connectivity index (χ2v) is 7.69. The summed E-state index contributed by atoms with van der Waals surface area (Å²) in [6.45, 7) is 5.79. The lowest BCUT2D eigenvalue weighted by Gasteiger charge is -2.42. The Hall–Kier alpha value is -1.40. The van der Waals surface area contributed by atoms with Gasteiger partial charge in [0.2, 0.25) is 0 Å². The van der Waals surface area contributed by atoms with Gasteiger partial charge in [0.15, 0.2) is 0 Å². The highest BCUT2D eigenvalue weighted by molar-refractivity contribution is 5.90. The third-order valence-electron chi connectivity index (χ3n) is 6.37. The van der Waals surface area contributed by atoms with Crippen LogP contribution in [0.5, 0.6) is 0 Å². The SMILES string of the molecule is OCC1c2c(CN3CCOCC3)[nH]c3cccc(c23)C2CCCN[C@@H]21. The molecule has 3 atom stereocenters. The minimum Gasteiger partial charge on any atom is -0.396 e. The van der Waals surface area contributed by atoms with Gasteiger partial charge in [-0.1, -0.05) is 12.1 Å². The van der Waals surface area contributed by atoms with Gasteiger partial charge in [0.25, 0.3) is 0 Å². The minimum atomic E-state index is 0.185. The van der Waals surface area contributed by atoms with Crippen LogP contribution in [0.4, 0.5) is 0 Å². The second kappa shape index (κ2) is 6.40. The van der Waals surface area contributed by atoms with Gasteiger partial charge in [-0.3, -0.25) is 4.90 Å². The van der Waals surface area contributed by atoms with Crippen molar-refractivity contribution in [1.29, 1.82) is 0 Å².